The van der Waals surface area contributed by atoms with Gasteiger partial charge in [0.15, 0.2) is 0 Å². The first kappa shape index (κ1) is 30.6. The van der Waals surface area contributed by atoms with Gasteiger partial charge >= 0.3 is 6.09 Å². The van der Waals surface area contributed by atoms with E-state index in [1.165, 1.54) is 12.1 Å². The van der Waals surface area contributed by atoms with Crippen LogP contribution in [-0.2, 0) is 20.7 Å². The van der Waals surface area contributed by atoms with Gasteiger partial charge in [-0.1, -0.05) is 60.7 Å². The molecule has 0 aromatic heterocycles. The minimum Gasteiger partial charge on any atom is -0.508 e. The van der Waals surface area contributed by atoms with Crippen molar-refractivity contribution in [2.24, 2.45) is 0 Å². The van der Waals surface area contributed by atoms with Crippen molar-refractivity contribution in [2.75, 3.05) is 5.32 Å². The average molecular weight is 572 g/mol. The van der Waals surface area contributed by atoms with E-state index in [1.807, 2.05) is 62.4 Å². The molecular weight excluding hydrogens is 530 g/mol. The third-order valence-corrected chi connectivity index (χ3v) is 7.46. The number of carbonyl (C=O) groups is 3. The molecule has 0 spiro atoms. The Kier molecular flexibility index (Phi) is 9.55. The molecule has 2 unspecified atom stereocenters. The van der Waals surface area contributed by atoms with Crippen molar-refractivity contribution >= 4 is 23.6 Å². The Labute approximate surface area is 248 Å². The van der Waals surface area contributed by atoms with Gasteiger partial charge in [0.2, 0.25) is 5.91 Å². The number of amides is 3. The van der Waals surface area contributed by atoms with Crippen molar-refractivity contribution < 1.29 is 24.2 Å². The molecule has 8 nitrogen and oxygen atoms in total. The van der Waals surface area contributed by atoms with Crippen molar-refractivity contribution in [3.05, 3.63) is 95.1 Å². The number of benzene rings is 3. The highest BCUT2D eigenvalue weighted by molar-refractivity contribution is 6.00. The molecule has 3 aromatic rings. The molecule has 2 atom stereocenters. The lowest BCUT2D eigenvalue weighted by Crippen LogP contribution is -2.57. The molecule has 0 aliphatic heterocycles. The molecule has 4 rings (SSSR count). The first-order valence-electron chi connectivity index (χ1n) is 14.4. The van der Waals surface area contributed by atoms with Crippen molar-refractivity contribution in [3.8, 4) is 5.75 Å². The zero-order valence-electron chi connectivity index (χ0n) is 25.0. The Bertz CT molecular complexity index is 1370. The monoisotopic (exact) mass is 571 g/mol. The number of hydrogen-bond donors (Lipinski definition) is 3. The van der Waals surface area contributed by atoms with Gasteiger partial charge in [-0.25, -0.2) is 4.79 Å². The summed E-state index contributed by atoms with van der Waals surface area (Å²) in [6.07, 6.45) is 1.93. The predicted octanol–water partition coefficient (Wildman–Crippen LogP) is 6.21. The standard InChI is InChI=1S/C34H41N3O5/c1-22-11-9-12-23(2)29(22)36-31(39)30(25-17-19-27(38)20-18-25)37(26-15-10-16-26)32(40)28(21-24-13-7-6-8-14-24)35-33(41)42-34(3,4)5/h6-9,11-14,17-20,26,28,30,38H,10,15-16,21H2,1-5H3,(H,35,41)(H,36,39). The number of anilines is 1. The molecule has 3 aromatic carbocycles. The van der Waals surface area contributed by atoms with Crippen LogP contribution in [0.2, 0.25) is 0 Å². The van der Waals surface area contributed by atoms with Crippen LogP contribution in [-0.4, -0.2) is 45.6 Å². The number of aromatic hydroxyl groups is 1. The summed E-state index contributed by atoms with van der Waals surface area (Å²) in [6, 6.07) is 19.4. The first-order chi connectivity index (χ1) is 19.9. The molecule has 0 heterocycles. The molecule has 222 valence electrons. The number of para-hydroxylation sites is 1. The normalized spacial score (nSPS) is 14.7. The van der Waals surface area contributed by atoms with E-state index in [2.05, 4.69) is 10.6 Å². The van der Waals surface area contributed by atoms with Crippen molar-refractivity contribution in [1.82, 2.24) is 10.2 Å². The van der Waals surface area contributed by atoms with E-state index in [0.29, 0.717) is 11.3 Å². The summed E-state index contributed by atoms with van der Waals surface area (Å²) in [5.41, 5.74) is 3.18. The molecule has 1 aliphatic rings. The fourth-order valence-corrected chi connectivity index (χ4v) is 5.16. The average Bonchev–Trinajstić information content (AvgIpc) is 2.89. The van der Waals surface area contributed by atoms with Crippen LogP contribution in [0.4, 0.5) is 10.5 Å². The van der Waals surface area contributed by atoms with Gasteiger partial charge in [0.25, 0.3) is 5.91 Å². The summed E-state index contributed by atoms with van der Waals surface area (Å²) in [4.78, 5) is 43.4. The van der Waals surface area contributed by atoms with Crippen LogP contribution >= 0.6 is 0 Å². The largest absolute Gasteiger partial charge is 0.508 e. The Morgan fingerprint density at radius 1 is 0.929 bits per heavy atom. The number of nitrogens with zero attached hydrogens (tertiary/aromatic N) is 1. The quantitative estimate of drug-likeness (QED) is 0.283. The number of alkyl carbamates (subject to hydrolysis) is 1. The van der Waals surface area contributed by atoms with Crippen LogP contribution in [0.1, 0.15) is 68.3 Å². The molecule has 3 N–H and O–H groups in total. The number of rotatable bonds is 9. The van der Waals surface area contributed by atoms with E-state index in [4.69, 9.17) is 4.74 Å². The Hall–Kier alpha value is -4.33. The number of phenolic OH excluding ortho intramolecular Hbond substituents is 1. The van der Waals surface area contributed by atoms with Crippen LogP contribution in [0.15, 0.2) is 72.8 Å². The summed E-state index contributed by atoms with van der Waals surface area (Å²) in [7, 11) is 0. The number of hydrogen-bond acceptors (Lipinski definition) is 5. The minimum absolute atomic E-state index is 0.0581. The Morgan fingerprint density at radius 3 is 2.10 bits per heavy atom. The third-order valence-electron chi connectivity index (χ3n) is 7.46. The summed E-state index contributed by atoms with van der Waals surface area (Å²) < 4.78 is 5.52. The van der Waals surface area contributed by atoms with Crippen LogP contribution in [0, 0.1) is 13.8 Å². The van der Waals surface area contributed by atoms with Gasteiger partial charge in [-0.2, -0.15) is 0 Å². The SMILES string of the molecule is Cc1cccc(C)c1NC(=O)C(c1ccc(O)cc1)N(C(=O)C(Cc1ccccc1)NC(=O)OC(C)(C)C)C1CCC1. The maximum Gasteiger partial charge on any atom is 0.408 e. The second-order valence-corrected chi connectivity index (χ2v) is 12.0. The molecule has 1 fully saturated rings. The molecule has 1 aliphatic carbocycles. The van der Waals surface area contributed by atoms with Gasteiger partial charge in [-0.3, -0.25) is 9.59 Å². The lowest BCUT2D eigenvalue weighted by atomic mass is 9.87. The Balaban J connectivity index is 1.76. The molecule has 1 saturated carbocycles. The lowest BCUT2D eigenvalue weighted by Gasteiger charge is -2.43. The van der Waals surface area contributed by atoms with Crippen LogP contribution in [0.5, 0.6) is 5.75 Å². The number of phenols is 1. The van der Waals surface area contributed by atoms with Crippen molar-refractivity contribution in [1.29, 1.82) is 0 Å². The van der Waals surface area contributed by atoms with E-state index in [9.17, 15) is 19.5 Å². The van der Waals surface area contributed by atoms with Crippen molar-refractivity contribution in [3.63, 3.8) is 0 Å². The van der Waals surface area contributed by atoms with Gasteiger partial charge in [0.05, 0.1) is 0 Å². The molecule has 0 bridgehead atoms. The van der Waals surface area contributed by atoms with E-state index in [1.54, 1.807) is 37.8 Å². The lowest BCUT2D eigenvalue weighted by molar-refractivity contribution is -0.145. The van der Waals surface area contributed by atoms with Gasteiger partial charge in [-0.05, 0) is 88.3 Å². The fourth-order valence-electron chi connectivity index (χ4n) is 5.16. The predicted molar refractivity (Wildman–Crippen MR) is 163 cm³/mol. The van der Waals surface area contributed by atoms with E-state index < -0.39 is 23.8 Å². The highest BCUT2D eigenvalue weighted by atomic mass is 16.6. The number of nitrogens with one attached hydrogen (secondary N) is 2. The molecule has 0 radical (unpaired) electrons. The van der Waals surface area contributed by atoms with Gasteiger partial charge in [-0.15, -0.1) is 0 Å². The topological polar surface area (TPSA) is 108 Å². The van der Waals surface area contributed by atoms with Crippen molar-refractivity contribution in [2.45, 2.75) is 84.0 Å². The molecule has 8 heteroatoms. The molecule has 0 saturated heterocycles. The highest BCUT2D eigenvalue weighted by Gasteiger charge is 2.42. The zero-order chi connectivity index (χ0) is 30.4. The summed E-state index contributed by atoms with van der Waals surface area (Å²) >= 11 is 0. The highest BCUT2D eigenvalue weighted by Crippen LogP contribution is 2.35. The van der Waals surface area contributed by atoms with Gasteiger partial charge in [0, 0.05) is 18.2 Å². The zero-order valence-corrected chi connectivity index (χ0v) is 25.0. The van der Waals surface area contributed by atoms with Crippen LogP contribution < -0.4 is 10.6 Å². The van der Waals surface area contributed by atoms with Gasteiger partial charge in [0.1, 0.15) is 23.4 Å². The fraction of sp³-hybridized carbons (Fsp3) is 0.382. The van der Waals surface area contributed by atoms with E-state index >= 15 is 0 Å². The first-order valence-corrected chi connectivity index (χ1v) is 14.4. The van der Waals surface area contributed by atoms with E-state index in [-0.39, 0.29) is 30.0 Å². The summed E-state index contributed by atoms with van der Waals surface area (Å²) in [5, 5.41) is 15.9. The maximum atomic E-state index is 14.6. The number of ether oxygens (including phenoxy) is 1. The molecule has 3 amide bonds. The molecular formula is C34H41N3O5. The number of carbonyl (C=O) groups excluding carboxylic acids is 3. The second kappa shape index (κ2) is 13.1. The third kappa shape index (κ3) is 7.69. The smallest absolute Gasteiger partial charge is 0.408 e. The summed E-state index contributed by atoms with van der Waals surface area (Å²) in [6.45, 7) is 9.14. The maximum absolute atomic E-state index is 14.6. The minimum atomic E-state index is -0.999. The van der Waals surface area contributed by atoms with E-state index in [0.717, 1.165) is 36.0 Å². The second-order valence-electron chi connectivity index (χ2n) is 12.0. The number of aryl methyl sites for hydroxylation is 2. The van der Waals surface area contributed by atoms with Crippen LogP contribution in [0.25, 0.3) is 0 Å². The Morgan fingerprint density at radius 2 is 1.55 bits per heavy atom. The van der Waals surface area contributed by atoms with Gasteiger partial charge < -0.3 is 25.4 Å². The molecule has 42 heavy (non-hydrogen) atoms. The summed E-state index contributed by atoms with van der Waals surface area (Å²) in [5.74, 6) is -0.680. The van der Waals surface area contributed by atoms with Crippen LogP contribution in [0.3, 0.4) is 0 Å².